The fraction of sp³-hybridized carbons (Fsp3) is 0.350. The molecule has 1 aromatic heterocycles. The fourth-order valence-electron chi connectivity index (χ4n) is 2.41. The Bertz CT molecular complexity index is 752. The van der Waals surface area contributed by atoms with Gasteiger partial charge in [-0.2, -0.15) is 0 Å². The third kappa shape index (κ3) is 5.05. The van der Waals surface area contributed by atoms with Crippen molar-refractivity contribution in [1.29, 1.82) is 0 Å². The molecular formula is C20H26N4O2. The van der Waals surface area contributed by atoms with Gasteiger partial charge in [0.25, 0.3) is 5.91 Å². The van der Waals surface area contributed by atoms with E-state index in [1.165, 1.54) is 0 Å². The summed E-state index contributed by atoms with van der Waals surface area (Å²) < 4.78 is 0. The highest BCUT2D eigenvalue weighted by Crippen LogP contribution is 2.14. The summed E-state index contributed by atoms with van der Waals surface area (Å²) in [7, 11) is 3.80. The number of nitrogens with one attached hydrogen (secondary N) is 2. The Kier molecular flexibility index (Phi) is 6.33. The highest BCUT2D eigenvalue weighted by Gasteiger charge is 2.24. The molecule has 0 fully saturated rings. The molecule has 0 saturated carbocycles. The van der Waals surface area contributed by atoms with Gasteiger partial charge in [-0.05, 0) is 37.1 Å². The summed E-state index contributed by atoms with van der Waals surface area (Å²) in [6, 6.07) is 10.2. The van der Waals surface area contributed by atoms with Gasteiger partial charge in [-0.25, -0.2) is 4.98 Å². The number of hydrogen-bond acceptors (Lipinski definition) is 4. The minimum Gasteiger partial charge on any atom is -0.363 e. The molecule has 138 valence electrons. The summed E-state index contributed by atoms with van der Waals surface area (Å²) in [5, 5.41) is 5.64. The van der Waals surface area contributed by atoms with Crippen molar-refractivity contribution in [3.8, 4) is 0 Å². The summed E-state index contributed by atoms with van der Waals surface area (Å²) in [6.07, 6.45) is 1.60. The first kappa shape index (κ1) is 19.4. The number of aromatic nitrogens is 1. The van der Waals surface area contributed by atoms with Crippen LogP contribution in [0.15, 0.2) is 42.6 Å². The molecule has 1 heterocycles. The predicted molar refractivity (Wildman–Crippen MR) is 104 cm³/mol. The smallest absolute Gasteiger partial charge is 0.251 e. The molecule has 2 aromatic rings. The number of anilines is 2. The van der Waals surface area contributed by atoms with Crippen molar-refractivity contribution in [2.75, 3.05) is 24.3 Å². The van der Waals surface area contributed by atoms with Crippen molar-refractivity contribution in [3.63, 3.8) is 0 Å². The van der Waals surface area contributed by atoms with Crippen LogP contribution in [0.3, 0.4) is 0 Å². The van der Waals surface area contributed by atoms with Crippen molar-refractivity contribution in [1.82, 2.24) is 10.3 Å². The van der Waals surface area contributed by atoms with E-state index in [0.29, 0.717) is 11.3 Å². The van der Waals surface area contributed by atoms with Crippen LogP contribution in [-0.4, -0.2) is 36.9 Å². The first-order valence-corrected chi connectivity index (χ1v) is 8.59. The Morgan fingerprint density at radius 1 is 1.04 bits per heavy atom. The van der Waals surface area contributed by atoms with Crippen LogP contribution in [0.2, 0.25) is 0 Å². The summed E-state index contributed by atoms with van der Waals surface area (Å²) in [5.41, 5.74) is 2.20. The second-order valence-corrected chi connectivity index (χ2v) is 6.85. The van der Waals surface area contributed by atoms with Crippen LogP contribution >= 0.6 is 0 Å². The average molecular weight is 354 g/mol. The molecule has 1 unspecified atom stereocenters. The third-order valence-electron chi connectivity index (χ3n) is 4.02. The molecule has 2 N–H and O–H groups in total. The number of benzene rings is 1. The second-order valence-electron chi connectivity index (χ2n) is 6.85. The maximum Gasteiger partial charge on any atom is 0.251 e. The molecule has 1 aromatic carbocycles. The van der Waals surface area contributed by atoms with Crippen molar-refractivity contribution in [2.24, 2.45) is 5.92 Å². The van der Waals surface area contributed by atoms with Gasteiger partial charge in [-0.15, -0.1) is 0 Å². The van der Waals surface area contributed by atoms with Gasteiger partial charge in [-0.1, -0.05) is 31.5 Å². The lowest BCUT2D eigenvalue weighted by atomic mass is 10.0. The van der Waals surface area contributed by atoms with Gasteiger partial charge in [0.1, 0.15) is 11.9 Å². The summed E-state index contributed by atoms with van der Waals surface area (Å²) >= 11 is 0. The lowest BCUT2D eigenvalue weighted by molar-refractivity contribution is -0.118. The SMILES string of the molecule is Cc1ccc(C(=O)NC(C(=O)Nc2ccc(N(C)C)nc2)C(C)C)cc1. The van der Waals surface area contributed by atoms with Crippen molar-refractivity contribution in [3.05, 3.63) is 53.7 Å². The van der Waals surface area contributed by atoms with Crippen LogP contribution in [0.5, 0.6) is 0 Å². The van der Waals surface area contributed by atoms with Crippen molar-refractivity contribution < 1.29 is 9.59 Å². The number of rotatable bonds is 6. The van der Waals surface area contributed by atoms with E-state index in [0.717, 1.165) is 11.4 Å². The molecule has 6 heteroatoms. The molecule has 2 amide bonds. The largest absolute Gasteiger partial charge is 0.363 e. The highest BCUT2D eigenvalue weighted by molar-refractivity contribution is 6.01. The monoisotopic (exact) mass is 354 g/mol. The predicted octanol–water partition coefficient (Wildman–Crippen LogP) is 2.85. The van der Waals surface area contributed by atoms with Gasteiger partial charge >= 0.3 is 0 Å². The van der Waals surface area contributed by atoms with Gasteiger partial charge in [-0.3, -0.25) is 9.59 Å². The third-order valence-corrected chi connectivity index (χ3v) is 4.02. The standard InChI is InChI=1S/C20H26N4O2/c1-13(2)18(23-19(25)15-8-6-14(3)7-9-15)20(26)22-16-10-11-17(21-12-16)24(4)5/h6-13,18H,1-5H3,(H,22,26)(H,23,25). The molecule has 0 spiro atoms. The van der Waals surface area contributed by atoms with E-state index in [1.54, 1.807) is 24.4 Å². The first-order chi connectivity index (χ1) is 12.3. The molecule has 1 atom stereocenters. The van der Waals surface area contributed by atoms with Gasteiger partial charge < -0.3 is 15.5 Å². The molecular weight excluding hydrogens is 328 g/mol. The molecule has 0 radical (unpaired) electrons. The zero-order valence-corrected chi connectivity index (χ0v) is 15.9. The minimum absolute atomic E-state index is 0.0570. The second kappa shape index (κ2) is 8.47. The minimum atomic E-state index is -0.641. The maximum absolute atomic E-state index is 12.6. The van der Waals surface area contributed by atoms with E-state index in [2.05, 4.69) is 15.6 Å². The zero-order chi connectivity index (χ0) is 19.3. The van der Waals surface area contributed by atoms with Crippen LogP contribution in [-0.2, 0) is 4.79 Å². The topological polar surface area (TPSA) is 74.3 Å². The lowest BCUT2D eigenvalue weighted by Crippen LogP contribution is -2.47. The Balaban J connectivity index is 2.07. The molecule has 6 nitrogen and oxygen atoms in total. The van der Waals surface area contributed by atoms with E-state index >= 15 is 0 Å². The van der Waals surface area contributed by atoms with Crippen LogP contribution < -0.4 is 15.5 Å². The Labute approximate surface area is 154 Å². The molecule has 26 heavy (non-hydrogen) atoms. The molecule has 0 saturated heterocycles. The number of hydrogen-bond donors (Lipinski definition) is 2. The van der Waals surface area contributed by atoms with Crippen molar-refractivity contribution >= 4 is 23.3 Å². The summed E-state index contributed by atoms with van der Waals surface area (Å²) in [5.74, 6) is 0.217. The lowest BCUT2D eigenvalue weighted by Gasteiger charge is -2.22. The van der Waals surface area contributed by atoms with Crippen LogP contribution in [0.4, 0.5) is 11.5 Å². The van der Waals surface area contributed by atoms with Gasteiger partial charge in [0, 0.05) is 19.7 Å². The van der Waals surface area contributed by atoms with Crippen molar-refractivity contribution in [2.45, 2.75) is 26.8 Å². The molecule has 0 aliphatic carbocycles. The van der Waals surface area contributed by atoms with E-state index < -0.39 is 6.04 Å². The Hall–Kier alpha value is -2.89. The van der Waals surface area contributed by atoms with Crippen LogP contribution in [0.25, 0.3) is 0 Å². The van der Waals surface area contributed by atoms with Gasteiger partial charge in [0.15, 0.2) is 0 Å². The molecule has 2 rings (SSSR count). The summed E-state index contributed by atoms with van der Waals surface area (Å²) in [4.78, 5) is 31.2. The summed E-state index contributed by atoms with van der Waals surface area (Å²) in [6.45, 7) is 5.75. The van der Waals surface area contributed by atoms with Crippen LogP contribution in [0, 0.1) is 12.8 Å². The van der Waals surface area contributed by atoms with Crippen LogP contribution in [0.1, 0.15) is 29.8 Å². The number of carbonyl (C=O) groups excluding carboxylic acids is 2. The zero-order valence-electron chi connectivity index (χ0n) is 15.9. The van der Waals surface area contributed by atoms with Gasteiger partial charge in [0.05, 0.1) is 11.9 Å². The first-order valence-electron chi connectivity index (χ1n) is 8.59. The molecule has 0 aliphatic rings. The number of pyridine rings is 1. The Morgan fingerprint density at radius 3 is 2.19 bits per heavy atom. The van der Waals surface area contributed by atoms with E-state index in [-0.39, 0.29) is 17.7 Å². The van der Waals surface area contributed by atoms with Gasteiger partial charge in [0.2, 0.25) is 5.91 Å². The number of aryl methyl sites for hydroxylation is 1. The van der Waals surface area contributed by atoms with E-state index in [4.69, 9.17) is 0 Å². The fourth-order valence-corrected chi connectivity index (χ4v) is 2.41. The number of amides is 2. The molecule has 0 aliphatic heterocycles. The van der Waals surface area contributed by atoms with E-state index in [9.17, 15) is 9.59 Å². The Morgan fingerprint density at radius 2 is 1.69 bits per heavy atom. The normalized spacial score (nSPS) is 11.8. The quantitative estimate of drug-likeness (QED) is 0.836. The maximum atomic E-state index is 12.6. The number of nitrogens with zero attached hydrogens (tertiary/aromatic N) is 2. The molecule has 0 bridgehead atoms. The number of carbonyl (C=O) groups is 2. The highest BCUT2D eigenvalue weighted by atomic mass is 16.2. The van der Waals surface area contributed by atoms with E-state index in [1.807, 2.05) is 58.0 Å². The average Bonchev–Trinajstić information content (AvgIpc) is 2.60.